The maximum atomic E-state index is 11.3. The second-order valence-electron chi connectivity index (χ2n) is 4.43. The summed E-state index contributed by atoms with van der Waals surface area (Å²) in [7, 11) is 0. The predicted molar refractivity (Wildman–Crippen MR) is 67.4 cm³/mol. The van der Waals surface area contributed by atoms with Gasteiger partial charge in [0.15, 0.2) is 0 Å². The summed E-state index contributed by atoms with van der Waals surface area (Å²) in [6.07, 6.45) is 12.2. The van der Waals surface area contributed by atoms with Crippen LogP contribution in [0.25, 0.3) is 0 Å². The lowest BCUT2D eigenvalue weighted by Gasteiger charge is -2.19. The summed E-state index contributed by atoms with van der Waals surface area (Å²) in [6.45, 7) is 1.89. The van der Waals surface area contributed by atoms with E-state index >= 15 is 0 Å². The summed E-state index contributed by atoms with van der Waals surface area (Å²) in [4.78, 5) is 11.3. The number of carbonyl (C=O) groups is 1. The summed E-state index contributed by atoms with van der Waals surface area (Å²) in [5.41, 5.74) is 1.22. The molecular weight excluding hydrogens is 220 g/mol. The highest BCUT2D eigenvalue weighted by Gasteiger charge is 2.36. The van der Waals surface area contributed by atoms with Crippen molar-refractivity contribution in [2.45, 2.75) is 37.4 Å². The summed E-state index contributed by atoms with van der Waals surface area (Å²) < 4.78 is -0.554. The van der Waals surface area contributed by atoms with E-state index in [9.17, 15) is 9.90 Å². The standard InChI is InChI=1S/C13H16O2S/c1-13(11(14)8-12(15)16-13)9-10-6-4-2-3-5-7-10/h4,6,8-9,14H,2-3,5,7H2,1H3/b10-9-/t13-/m0/s1. The smallest absolute Gasteiger partial charge is 0.216 e. The Morgan fingerprint density at radius 3 is 3.00 bits per heavy atom. The Morgan fingerprint density at radius 2 is 2.31 bits per heavy atom. The zero-order valence-electron chi connectivity index (χ0n) is 9.40. The van der Waals surface area contributed by atoms with Gasteiger partial charge in [0, 0.05) is 6.08 Å². The van der Waals surface area contributed by atoms with Crippen LogP contribution in [0.2, 0.25) is 0 Å². The molecule has 1 aliphatic carbocycles. The van der Waals surface area contributed by atoms with E-state index in [1.165, 1.54) is 36.3 Å². The van der Waals surface area contributed by atoms with Gasteiger partial charge in [-0.25, -0.2) is 0 Å². The molecule has 2 rings (SSSR count). The molecule has 16 heavy (non-hydrogen) atoms. The quantitative estimate of drug-likeness (QED) is 0.757. The van der Waals surface area contributed by atoms with Crippen molar-refractivity contribution in [1.82, 2.24) is 0 Å². The Labute approximate surface area is 100 Å². The first-order chi connectivity index (χ1) is 7.60. The molecule has 3 heteroatoms. The molecule has 0 saturated carbocycles. The van der Waals surface area contributed by atoms with Crippen molar-refractivity contribution in [3.05, 3.63) is 35.6 Å². The van der Waals surface area contributed by atoms with Gasteiger partial charge in [-0.3, -0.25) is 4.79 Å². The molecule has 2 nitrogen and oxygen atoms in total. The van der Waals surface area contributed by atoms with E-state index in [0.717, 1.165) is 12.8 Å². The maximum Gasteiger partial charge on any atom is 0.216 e. The zero-order valence-corrected chi connectivity index (χ0v) is 10.2. The van der Waals surface area contributed by atoms with E-state index in [4.69, 9.17) is 0 Å². The molecule has 0 fully saturated rings. The van der Waals surface area contributed by atoms with Crippen LogP contribution in [0.15, 0.2) is 35.6 Å². The minimum absolute atomic E-state index is 0.0607. The molecule has 0 saturated heterocycles. The minimum atomic E-state index is -0.554. The molecule has 0 amide bonds. The van der Waals surface area contributed by atoms with E-state index in [1.807, 2.05) is 13.0 Å². The summed E-state index contributed by atoms with van der Waals surface area (Å²) in [5, 5.41) is 9.71. The number of allylic oxidation sites excluding steroid dienone is 3. The average molecular weight is 236 g/mol. The summed E-state index contributed by atoms with van der Waals surface area (Å²) in [6, 6.07) is 0. The fourth-order valence-electron chi connectivity index (χ4n) is 2.03. The van der Waals surface area contributed by atoms with Crippen LogP contribution >= 0.6 is 11.8 Å². The molecule has 0 bridgehead atoms. The summed E-state index contributed by atoms with van der Waals surface area (Å²) in [5.74, 6) is 0.174. The van der Waals surface area contributed by atoms with Crippen molar-refractivity contribution in [3.8, 4) is 0 Å². The first kappa shape index (κ1) is 11.5. The van der Waals surface area contributed by atoms with Gasteiger partial charge in [-0.05, 0) is 32.6 Å². The van der Waals surface area contributed by atoms with E-state index in [-0.39, 0.29) is 10.9 Å². The normalized spacial score (nSPS) is 32.9. The Balaban J connectivity index is 2.22. The van der Waals surface area contributed by atoms with Gasteiger partial charge in [-0.2, -0.15) is 0 Å². The van der Waals surface area contributed by atoms with Crippen LogP contribution in [0.1, 0.15) is 32.6 Å². The van der Waals surface area contributed by atoms with Gasteiger partial charge in [0.05, 0.1) is 4.75 Å². The van der Waals surface area contributed by atoms with Crippen LogP contribution in [0.5, 0.6) is 0 Å². The molecule has 1 aliphatic heterocycles. The lowest BCUT2D eigenvalue weighted by molar-refractivity contribution is -0.106. The fourth-order valence-corrected chi connectivity index (χ4v) is 2.99. The van der Waals surface area contributed by atoms with Gasteiger partial charge in [-0.1, -0.05) is 35.6 Å². The van der Waals surface area contributed by atoms with Crippen LogP contribution in [0, 0.1) is 0 Å². The number of hydrogen-bond donors (Lipinski definition) is 1. The summed E-state index contributed by atoms with van der Waals surface area (Å²) >= 11 is 1.18. The minimum Gasteiger partial charge on any atom is -0.510 e. The lowest BCUT2D eigenvalue weighted by Crippen LogP contribution is -2.17. The molecule has 0 radical (unpaired) electrons. The van der Waals surface area contributed by atoms with Gasteiger partial charge in [0.25, 0.3) is 0 Å². The number of aliphatic hydroxyl groups excluding tert-OH is 1. The number of hydrogen-bond acceptors (Lipinski definition) is 3. The van der Waals surface area contributed by atoms with Crippen molar-refractivity contribution < 1.29 is 9.90 Å². The van der Waals surface area contributed by atoms with Gasteiger partial charge in [0.1, 0.15) is 5.76 Å². The molecule has 0 aromatic rings. The first-order valence-electron chi connectivity index (χ1n) is 5.62. The molecule has 0 spiro atoms. The van der Waals surface area contributed by atoms with Crippen LogP contribution in [0.3, 0.4) is 0 Å². The Morgan fingerprint density at radius 1 is 1.50 bits per heavy atom. The number of rotatable bonds is 1. The highest BCUT2D eigenvalue weighted by atomic mass is 32.2. The van der Waals surface area contributed by atoms with Gasteiger partial charge in [-0.15, -0.1) is 0 Å². The number of carbonyl (C=O) groups excluding carboxylic acids is 1. The topological polar surface area (TPSA) is 37.3 Å². The molecule has 1 heterocycles. The first-order valence-corrected chi connectivity index (χ1v) is 6.44. The largest absolute Gasteiger partial charge is 0.510 e. The molecule has 0 aromatic carbocycles. The Hall–Kier alpha value is -0.960. The third-order valence-corrected chi connectivity index (χ3v) is 4.02. The highest BCUT2D eigenvalue weighted by molar-refractivity contribution is 8.15. The molecular formula is C13H16O2S. The molecule has 2 aliphatic rings. The van der Waals surface area contributed by atoms with E-state index in [0.29, 0.717) is 0 Å². The maximum absolute atomic E-state index is 11.3. The van der Waals surface area contributed by atoms with Crippen molar-refractivity contribution in [1.29, 1.82) is 0 Å². The third-order valence-electron chi connectivity index (χ3n) is 2.95. The predicted octanol–water partition coefficient (Wildman–Crippen LogP) is 3.52. The van der Waals surface area contributed by atoms with Crippen LogP contribution < -0.4 is 0 Å². The molecule has 0 unspecified atom stereocenters. The molecule has 1 N–H and O–H groups in total. The van der Waals surface area contributed by atoms with E-state index in [2.05, 4.69) is 12.2 Å². The van der Waals surface area contributed by atoms with Gasteiger partial charge in [0.2, 0.25) is 5.12 Å². The number of thioether (sulfide) groups is 1. The highest BCUT2D eigenvalue weighted by Crippen LogP contribution is 2.40. The second kappa shape index (κ2) is 4.50. The molecule has 0 aromatic heterocycles. The Kier molecular flexibility index (Phi) is 3.24. The average Bonchev–Trinajstić information content (AvgIpc) is 2.44. The van der Waals surface area contributed by atoms with Crippen molar-refractivity contribution >= 4 is 16.9 Å². The fraction of sp³-hybridized carbons (Fsp3) is 0.462. The van der Waals surface area contributed by atoms with Crippen LogP contribution in [-0.2, 0) is 4.79 Å². The molecule has 86 valence electrons. The zero-order chi connectivity index (χ0) is 11.6. The monoisotopic (exact) mass is 236 g/mol. The van der Waals surface area contributed by atoms with E-state index < -0.39 is 4.75 Å². The van der Waals surface area contributed by atoms with Crippen molar-refractivity contribution in [3.63, 3.8) is 0 Å². The van der Waals surface area contributed by atoms with Crippen molar-refractivity contribution in [2.24, 2.45) is 0 Å². The third kappa shape index (κ3) is 2.40. The van der Waals surface area contributed by atoms with Gasteiger partial charge < -0.3 is 5.11 Å². The van der Waals surface area contributed by atoms with Crippen LogP contribution in [-0.4, -0.2) is 15.0 Å². The number of aliphatic hydroxyl groups is 1. The van der Waals surface area contributed by atoms with Crippen LogP contribution in [0.4, 0.5) is 0 Å². The van der Waals surface area contributed by atoms with Gasteiger partial charge >= 0.3 is 0 Å². The van der Waals surface area contributed by atoms with Crippen molar-refractivity contribution in [2.75, 3.05) is 0 Å². The van der Waals surface area contributed by atoms with E-state index in [1.54, 1.807) is 0 Å². The SMILES string of the molecule is C[C@@]1(/C=C2/C=CCCCC2)SC(=O)C=C1O. The lowest BCUT2D eigenvalue weighted by atomic mass is 10.0. The second-order valence-corrected chi connectivity index (χ2v) is 5.88. The Bertz CT molecular complexity index is 393. The molecule has 1 atom stereocenters.